The molecule has 2 heteroatoms. The standard InChI is InChI=1S/C18H34N2/c1-14(2)11-19-12-18-5-3-4-8-20(18)13-17-10-15-6-7-16(17)9-15/h14-19H,3-13H2,1-2H3. The molecule has 0 amide bonds. The van der Waals surface area contributed by atoms with Gasteiger partial charge < -0.3 is 5.32 Å². The third-order valence-electron chi connectivity index (χ3n) is 6.04. The molecule has 0 spiro atoms. The third kappa shape index (κ3) is 3.57. The predicted molar refractivity (Wildman–Crippen MR) is 85.9 cm³/mol. The van der Waals surface area contributed by atoms with E-state index in [4.69, 9.17) is 0 Å². The first-order valence-electron chi connectivity index (χ1n) is 9.17. The van der Waals surface area contributed by atoms with Crippen LogP contribution in [0.25, 0.3) is 0 Å². The van der Waals surface area contributed by atoms with Gasteiger partial charge >= 0.3 is 0 Å². The van der Waals surface area contributed by atoms with Crippen LogP contribution in [0.2, 0.25) is 0 Å². The van der Waals surface area contributed by atoms with Crippen molar-refractivity contribution >= 4 is 0 Å². The number of rotatable bonds is 6. The molecule has 0 aromatic carbocycles. The number of fused-ring (bicyclic) bond motifs is 2. The van der Waals surface area contributed by atoms with Gasteiger partial charge in [0.2, 0.25) is 0 Å². The second-order valence-electron chi connectivity index (χ2n) is 8.13. The van der Waals surface area contributed by atoms with Crippen molar-refractivity contribution < 1.29 is 0 Å². The summed E-state index contributed by atoms with van der Waals surface area (Å²) in [7, 11) is 0. The maximum atomic E-state index is 3.70. The molecule has 20 heavy (non-hydrogen) atoms. The summed E-state index contributed by atoms with van der Waals surface area (Å²) in [6, 6.07) is 0.821. The lowest BCUT2D eigenvalue weighted by molar-refractivity contribution is 0.106. The lowest BCUT2D eigenvalue weighted by Gasteiger charge is -2.39. The number of nitrogens with one attached hydrogen (secondary N) is 1. The van der Waals surface area contributed by atoms with Crippen LogP contribution in [0.3, 0.4) is 0 Å². The van der Waals surface area contributed by atoms with E-state index in [1.807, 2.05) is 0 Å². The fraction of sp³-hybridized carbons (Fsp3) is 1.00. The van der Waals surface area contributed by atoms with Gasteiger partial charge in [-0.05, 0) is 68.9 Å². The number of likely N-dealkylation sites (tertiary alicyclic amines) is 1. The summed E-state index contributed by atoms with van der Waals surface area (Å²) in [5, 5.41) is 3.70. The normalized spacial score (nSPS) is 38.0. The van der Waals surface area contributed by atoms with Crippen molar-refractivity contribution in [1.82, 2.24) is 10.2 Å². The Hall–Kier alpha value is -0.0800. The largest absolute Gasteiger partial charge is 0.315 e. The molecule has 3 fully saturated rings. The average Bonchev–Trinajstić information content (AvgIpc) is 3.02. The van der Waals surface area contributed by atoms with Crippen molar-refractivity contribution in [3.05, 3.63) is 0 Å². The quantitative estimate of drug-likeness (QED) is 0.799. The van der Waals surface area contributed by atoms with Crippen LogP contribution in [-0.4, -0.2) is 37.1 Å². The smallest absolute Gasteiger partial charge is 0.0220 e. The Bertz CT molecular complexity index is 302. The minimum atomic E-state index is 0.776. The Morgan fingerprint density at radius 1 is 1.10 bits per heavy atom. The fourth-order valence-corrected chi connectivity index (χ4v) is 4.97. The lowest BCUT2D eigenvalue weighted by atomic mass is 9.87. The van der Waals surface area contributed by atoms with Gasteiger partial charge in [0.25, 0.3) is 0 Å². The van der Waals surface area contributed by atoms with Gasteiger partial charge in [-0.2, -0.15) is 0 Å². The van der Waals surface area contributed by atoms with E-state index in [1.165, 1.54) is 45.4 Å². The Balaban J connectivity index is 1.47. The molecule has 0 aromatic heterocycles. The highest BCUT2D eigenvalue weighted by atomic mass is 15.2. The van der Waals surface area contributed by atoms with Crippen molar-refractivity contribution in [2.75, 3.05) is 26.2 Å². The summed E-state index contributed by atoms with van der Waals surface area (Å²) in [6.45, 7) is 9.79. The number of nitrogens with zero attached hydrogens (tertiary/aromatic N) is 1. The maximum Gasteiger partial charge on any atom is 0.0220 e. The van der Waals surface area contributed by atoms with E-state index in [-0.39, 0.29) is 0 Å². The Morgan fingerprint density at radius 2 is 2.00 bits per heavy atom. The van der Waals surface area contributed by atoms with E-state index in [0.29, 0.717) is 0 Å². The van der Waals surface area contributed by atoms with Crippen molar-refractivity contribution in [2.24, 2.45) is 23.7 Å². The van der Waals surface area contributed by atoms with Gasteiger partial charge in [0.1, 0.15) is 0 Å². The summed E-state index contributed by atoms with van der Waals surface area (Å²) in [6.07, 6.45) is 10.5. The minimum Gasteiger partial charge on any atom is -0.315 e. The average molecular weight is 278 g/mol. The van der Waals surface area contributed by atoms with Crippen LogP contribution >= 0.6 is 0 Å². The van der Waals surface area contributed by atoms with Gasteiger partial charge in [0.15, 0.2) is 0 Å². The lowest BCUT2D eigenvalue weighted by Crippen LogP contribution is -2.48. The second-order valence-corrected chi connectivity index (χ2v) is 8.13. The highest BCUT2D eigenvalue weighted by Crippen LogP contribution is 2.48. The summed E-state index contributed by atoms with van der Waals surface area (Å²) in [5.74, 6) is 4.01. The van der Waals surface area contributed by atoms with Crippen LogP contribution < -0.4 is 5.32 Å². The highest BCUT2D eigenvalue weighted by Gasteiger charge is 2.40. The number of piperidine rings is 1. The summed E-state index contributed by atoms with van der Waals surface area (Å²) < 4.78 is 0. The summed E-state index contributed by atoms with van der Waals surface area (Å²) >= 11 is 0. The molecule has 1 aliphatic heterocycles. The summed E-state index contributed by atoms with van der Waals surface area (Å²) in [5.41, 5.74) is 0. The zero-order valence-electron chi connectivity index (χ0n) is 13.6. The molecule has 2 nitrogen and oxygen atoms in total. The van der Waals surface area contributed by atoms with Gasteiger partial charge in [0.05, 0.1) is 0 Å². The maximum absolute atomic E-state index is 3.70. The Morgan fingerprint density at radius 3 is 2.70 bits per heavy atom. The first-order chi connectivity index (χ1) is 9.72. The molecule has 3 aliphatic rings. The van der Waals surface area contributed by atoms with Crippen molar-refractivity contribution in [2.45, 2.75) is 64.8 Å². The highest BCUT2D eigenvalue weighted by molar-refractivity contribution is 4.92. The van der Waals surface area contributed by atoms with Crippen molar-refractivity contribution in [3.63, 3.8) is 0 Å². The molecule has 1 N–H and O–H groups in total. The molecule has 116 valence electrons. The molecule has 2 bridgehead atoms. The van der Waals surface area contributed by atoms with Crippen LogP contribution in [0.1, 0.15) is 58.8 Å². The first-order valence-corrected chi connectivity index (χ1v) is 9.17. The monoisotopic (exact) mass is 278 g/mol. The van der Waals surface area contributed by atoms with E-state index in [0.717, 1.165) is 29.7 Å². The van der Waals surface area contributed by atoms with Gasteiger partial charge in [-0.1, -0.05) is 26.7 Å². The molecule has 4 atom stereocenters. The zero-order valence-corrected chi connectivity index (χ0v) is 13.6. The van der Waals surface area contributed by atoms with Crippen LogP contribution in [0, 0.1) is 23.7 Å². The van der Waals surface area contributed by atoms with Gasteiger partial charge in [-0.25, -0.2) is 0 Å². The van der Waals surface area contributed by atoms with Crippen LogP contribution in [0.4, 0.5) is 0 Å². The molecule has 1 saturated heterocycles. The zero-order chi connectivity index (χ0) is 13.9. The fourth-order valence-electron chi connectivity index (χ4n) is 4.97. The topological polar surface area (TPSA) is 15.3 Å². The van der Waals surface area contributed by atoms with E-state index in [2.05, 4.69) is 24.1 Å². The SMILES string of the molecule is CC(C)CNCC1CCCCN1CC1CC2CCC1C2. The van der Waals surface area contributed by atoms with Crippen molar-refractivity contribution in [3.8, 4) is 0 Å². The number of hydrogen-bond acceptors (Lipinski definition) is 2. The molecule has 2 aliphatic carbocycles. The molecular weight excluding hydrogens is 244 g/mol. The first kappa shape index (κ1) is 14.8. The summed E-state index contributed by atoms with van der Waals surface area (Å²) in [4.78, 5) is 2.85. The van der Waals surface area contributed by atoms with Crippen molar-refractivity contribution in [1.29, 1.82) is 0 Å². The second kappa shape index (κ2) is 6.79. The molecule has 0 radical (unpaired) electrons. The van der Waals surface area contributed by atoms with E-state index in [9.17, 15) is 0 Å². The molecule has 3 rings (SSSR count). The van der Waals surface area contributed by atoms with Gasteiger partial charge in [0, 0.05) is 19.1 Å². The molecule has 4 unspecified atom stereocenters. The Kier molecular flexibility index (Phi) is 5.04. The molecular formula is C18H34N2. The van der Waals surface area contributed by atoms with Gasteiger partial charge in [-0.3, -0.25) is 4.90 Å². The van der Waals surface area contributed by atoms with E-state index < -0.39 is 0 Å². The minimum absolute atomic E-state index is 0.776. The van der Waals surface area contributed by atoms with Crippen LogP contribution in [0.5, 0.6) is 0 Å². The number of hydrogen-bond donors (Lipinski definition) is 1. The van der Waals surface area contributed by atoms with Crippen LogP contribution in [0.15, 0.2) is 0 Å². The Labute approximate surface area is 125 Å². The predicted octanol–water partition coefficient (Wildman–Crippen LogP) is 3.52. The third-order valence-corrected chi connectivity index (χ3v) is 6.04. The molecule has 2 saturated carbocycles. The van der Waals surface area contributed by atoms with Gasteiger partial charge in [-0.15, -0.1) is 0 Å². The van der Waals surface area contributed by atoms with E-state index >= 15 is 0 Å². The molecule has 0 aromatic rings. The van der Waals surface area contributed by atoms with Crippen LogP contribution in [-0.2, 0) is 0 Å². The molecule has 1 heterocycles. The van der Waals surface area contributed by atoms with E-state index in [1.54, 1.807) is 25.7 Å².